The molecule has 0 saturated carbocycles. The molecular weight excluding hydrogens is 239 g/mol. The first-order valence-corrected chi connectivity index (χ1v) is 6.12. The van der Waals surface area contributed by atoms with E-state index >= 15 is 0 Å². The van der Waals surface area contributed by atoms with Crippen molar-refractivity contribution in [3.63, 3.8) is 0 Å². The van der Waals surface area contributed by atoms with Gasteiger partial charge in [-0.1, -0.05) is 24.6 Å². The Morgan fingerprint density at radius 1 is 1.11 bits per heavy atom. The van der Waals surface area contributed by atoms with Crippen molar-refractivity contribution in [3.05, 3.63) is 34.4 Å². The van der Waals surface area contributed by atoms with Crippen molar-refractivity contribution in [3.8, 4) is 0 Å². The highest BCUT2D eigenvalue weighted by atomic mass is 19.4. The van der Waals surface area contributed by atoms with Crippen molar-refractivity contribution in [2.45, 2.75) is 46.3 Å². The van der Waals surface area contributed by atoms with Crippen LogP contribution < -0.4 is 5.32 Å². The molecule has 1 aromatic carbocycles. The number of alkyl halides is 3. The highest BCUT2D eigenvalue weighted by Gasteiger charge is 2.33. The highest BCUT2D eigenvalue weighted by Crippen LogP contribution is 2.33. The Morgan fingerprint density at radius 2 is 1.61 bits per heavy atom. The molecule has 1 N–H and O–H groups in total. The van der Waals surface area contributed by atoms with Crippen molar-refractivity contribution < 1.29 is 13.2 Å². The quantitative estimate of drug-likeness (QED) is 0.853. The topological polar surface area (TPSA) is 12.0 Å². The summed E-state index contributed by atoms with van der Waals surface area (Å²) in [5, 5.41) is 2.94. The Bertz CT molecular complexity index is 387. The largest absolute Gasteiger partial charge is 0.390 e. The molecule has 1 nitrogen and oxygen atoms in total. The van der Waals surface area contributed by atoms with Gasteiger partial charge in [-0.2, -0.15) is 13.2 Å². The normalized spacial score (nSPS) is 13.7. The second-order valence-corrected chi connectivity index (χ2v) is 4.74. The first-order chi connectivity index (χ1) is 8.24. The van der Waals surface area contributed by atoms with Crippen LogP contribution in [0.25, 0.3) is 0 Å². The average Bonchev–Trinajstić information content (AvgIpc) is 2.13. The van der Waals surface area contributed by atoms with Crippen LogP contribution in [0.3, 0.4) is 0 Å². The van der Waals surface area contributed by atoms with Crippen LogP contribution in [0.1, 0.15) is 41.6 Å². The van der Waals surface area contributed by atoms with E-state index in [4.69, 9.17) is 0 Å². The van der Waals surface area contributed by atoms with Crippen LogP contribution in [0, 0.1) is 20.8 Å². The fraction of sp³-hybridized carbons (Fsp3) is 0.571. The molecular formula is C14H20F3N. The van der Waals surface area contributed by atoms with Gasteiger partial charge in [-0.25, -0.2) is 0 Å². The number of hydrogen-bond acceptors (Lipinski definition) is 1. The Balaban J connectivity index is 3.13. The fourth-order valence-electron chi connectivity index (χ4n) is 2.49. The summed E-state index contributed by atoms with van der Waals surface area (Å²) in [5.74, 6) is 0. The standard InChI is InChI=1S/C14H20F3N/c1-5-18-12(8-14(15,16)17)13-10(3)6-9(2)7-11(13)4/h6-7,12,18H,5,8H2,1-4H3. The molecule has 0 spiro atoms. The van der Waals surface area contributed by atoms with Gasteiger partial charge in [-0.05, 0) is 44.0 Å². The van der Waals surface area contributed by atoms with Crippen LogP contribution in [0.5, 0.6) is 0 Å². The van der Waals surface area contributed by atoms with Gasteiger partial charge in [0.25, 0.3) is 0 Å². The zero-order valence-electron chi connectivity index (χ0n) is 11.3. The van der Waals surface area contributed by atoms with Gasteiger partial charge in [0.05, 0.1) is 6.42 Å². The minimum absolute atomic E-state index is 0.521. The number of aryl methyl sites for hydroxylation is 3. The number of halogens is 3. The van der Waals surface area contributed by atoms with Crippen LogP contribution in [-0.2, 0) is 0 Å². The Kier molecular flexibility index (Phi) is 4.79. The maximum atomic E-state index is 12.6. The lowest BCUT2D eigenvalue weighted by atomic mass is 9.92. The van der Waals surface area contributed by atoms with Gasteiger partial charge >= 0.3 is 6.18 Å². The van der Waals surface area contributed by atoms with Crippen LogP contribution in [0.4, 0.5) is 13.2 Å². The van der Waals surface area contributed by atoms with Crippen molar-refractivity contribution in [2.75, 3.05) is 6.54 Å². The summed E-state index contributed by atoms with van der Waals surface area (Å²) in [4.78, 5) is 0. The third-order valence-electron chi connectivity index (χ3n) is 2.97. The van der Waals surface area contributed by atoms with E-state index in [1.165, 1.54) is 0 Å². The minimum Gasteiger partial charge on any atom is -0.310 e. The van der Waals surface area contributed by atoms with Crippen LogP contribution in [-0.4, -0.2) is 12.7 Å². The minimum atomic E-state index is -4.16. The molecule has 1 aromatic rings. The molecule has 0 aromatic heterocycles. The summed E-state index contributed by atoms with van der Waals surface area (Å²) in [6.45, 7) is 8.04. The van der Waals surface area contributed by atoms with Gasteiger partial charge in [0.2, 0.25) is 0 Å². The molecule has 0 aliphatic carbocycles. The van der Waals surface area contributed by atoms with E-state index in [0.717, 1.165) is 22.3 Å². The lowest BCUT2D eigenvalue weighted by Gasteiger charge is -2.24. The SMILES string of the molecule is CCNC(CC(F)(F)F)c1c(C)cc(C)cc1C. The van der Waals surface area contributed by atoms with E-state index in [9.17, 15) is 13.2 Å². The molecule has 1 rings (SSSR count). The van der Waals surface area contributed by atoms with Crippen LogP contribution in [0.15, 0.2) is 12.1 Å². The van der Waals surface area contributed by atoms with Crippen LogP contribution in [0.2, 0.25) is 0 Å². The van der Waals surface area contributed by atoms with E-state index in [1.807, 2.05) is 39.8 Å². The van der Waals surface area contributed by atoms with Crippen molar-refractivity contribution in [1.82, 2.24) is 5.32 Å². The molecule has 0 amide bonds. The second kappa shape index (κ2) is 5.74. The molecule has 0 aliphatic heterocycles. The lowest BCUT2D eigenvalue weighted by Crippen LogP contribution is -2.27. The van der Waals surface area contributed by atoms with Gasteiger partial charge in [0.1, 0.15) is 0 Å². The smallest absolute Gasteiger partial charge is 0.310 e. The van der Waals surface area contributed by atoms with Gasteiger partial charge in [0.15, 0.2) is 0 Å². The molecule has 0 radical (unpaired) electrons. The molecule has 0 heterocycles. The molecule has 0 aliphatic rings. The number of nitrogens with one attached hydrogen (secondary N) is 1. The highest BCUT2D eigenvalue weighted by molar-refractivity contribution is 5.39. The van der Waals surface area contributed by atoms with Crippen molar-refractivity contribution >= 4 is 0 Å². The predicted molar refractivity (Wildman–Crippen MR) is 67.7 cm³/mol. The Hall–Kier alpha value is -1.03. The molecule has 4 heteroatoms. The van der Waals surface area contributed by atoms with Gasteiger partial charge in [0, 0.05) is 6.04 Å². The van der Waals surface area contributed by atoms with E-state index in [-0.39, 0.29) is 0 Å². The molecule has 0 fully saturated rings. The van der Waals surface area contributed by atoms with E-state index in [1.54, 1.807) is 0 Å². The molecule has 0 bridgehead atoms. The van der Waals surface area contributed by atoms with E-state index in [2.05, 4.69) is 5.32 Å². The second-order valence-electron chi connectivity index (χ2n) is 4.74. The summed E-state index contributed by atoms with van der Waals surface area (Å²) in [5.41, 5.74) is 3.70. The zero-order valence-corrected chi connectivity index (χ0v) is 11.3. The number of hydrogen-bond donors (Lipinski definition) is 1. The third kappa shape index (κ3) is 4.02. The monoisotopic (exact) mass is 259 g/mol. The molecule has 102 valence electrons. The maximum absolute atomic E-state index is 12.6. The lowest BCUT2D eigenvalue weighted by molar-refractivity contribution is -0.140. The first-order valence-electron chi connectivity index (χ1n) is 6.12. The average molecular weight is 259 g/mol. The molecule has 1 unspecified atom stereocenters. The van der Waals surface area contributed by atoms with Gasteiger partial charge in [-0.15, -0.1) is 0 Å². The van der Waals surface area contributed by atoms with E-state index in [0.29, 0.717) is 6.54 Å². The predicted octanol–water partition coefficient (Wildman–Crippen LogP) is 4.21. The Morgan fingerprint density at radius 3 is 2.00 bits per heavy atom. The maximum Gasteiger partial charge on any atom is 0.390 e. The van der Waals surface area contributed by atoms with Crippen molar-refractivity contribution in [1.29, 1.82) is 0 Å². The number of rotatable bonds is 4. The zero-order chi connectivity index (χ0) is 13.9. The van der Waals surface area contributed by atoms with Gasteiger partial charge in [-0.3, -0.25) is 0 Å². The molecule has 1 atom stereocenters. The molecule has 18 heavy (non-hydrogen) atoms. The van der Waals surface area contributed by atoms with Crippen LogP contribution >= 0.6 is 0 Å². The van der Waals surface area contributed by atoms with Crippen molar-refractivity contribution in [2.24, 2.45) is 0 Å². The summed E-state index contributed by atoms with van der Waals surface area (Å²) < 4.78 is 37.9. The molecule has 0 saturated heterocycles. The summed E-state index contributed by atoms with van der Waals surface area (Å²) in [7, 11) is 0. The summed E-state index contributed by atoms with van der Waals surface area (Å²) in [6, 6.07) is 3.21. The summed E-state index contributed by atoms with van der Waals surface area (Å²) >= 11 is 0. The number of benzene rings is 1. The van der Waals surface area contributed by atoms with Gasteiger partial charge < -0.3 is 5.32 Å². The fourth-order valence-corrected chi connectivity index (χ4v) is 2.49. The van der Waals surface area contributed by atoms with E-state index < -0.39 is 18.6 Å². The first kappa shape index (κ1) is 15.0. The summed E-state index contributed by atoms with van der Waals surface area (Å²) in [6.07, 6.45) is -4.98. The Labute approximate surface area is 106 Å². The third-order valence-corrected chi connectivity index (χ3v) is 2.97.